The molecule has 0 fully saturated rings. The third kappa shape index (κ3) is 6.33. The van der Waals surface area contributed by atoms with Gasteiger partial charge in [0.1, 0.15) is 17.6 Å². The summed E-state index contributed by atoms with van der Waals surface area (Å²) in [6, 6.07) is 21.6. The number of thioether (sulfide) groups is 1. The van der Waals surface area contributed by atoms with Crippen molar-refractivity contribution in [2.75, 3.05) is 12.4 Å². The molecule has 3 aromatic carbocycles. The van der Waals surface area contributed by atoms with E-state index in [2.05, 4.69) is 15.6 Å². The van der Waals surface area contributed by atoms with E-state index in [1.54, 1.807) is 12.0 Å². The predicted octanol–water partition coefficient (Wildman–Crippen LogP) is 4.82. The van der Waals surface area contributed by atoms with Crippen LogP contribution >= 0.6 is 11.8 Å². The lowest BCUT2D eigenvalue weighted by Gasteiger charge is -2.32. The zero-order chi connectivity index (χ0) is 28.9. The van der Waals surface area contributed by atoms with Crippen LogP contribution in [0, 0.1) is 6.92 Å². The molecule has 9 nitrogen and oxygen atoms in total. The molecule has 0 bridgehead atoms. The Hall–Kier alpha value is -4.44. The van der Waals surface area contributed by atoms with Crippen LogP contribution in [0.3, 0.4) is 0 Å². The third-order valence-corrected chi connectivity index (χ3v) is 8.16. The molecule has 0 aromatic heterocycles. The van der Waals surface area contributed by atoms with E-state index < -0.39 is 17.2 Å². The van der Waals surface area contributed by atoms with Gasteiger partial charge in [0, 0.05) is 17.8 Å². The van der Waals surface area contributed by atoms with Gasteiger partial charge in [-0.1, -0.05) is 55.1 Å². The minimum Gasteiger partial charge on any atom is -0.497 e. The van der Waals surface area contributed by atoms with Crippen LogP contribution in [0.4, 0.5) is 11.4 Å². The second kappa shape index (κ2) is 12.4. The summed E-state index contributed by atoms with van der Waals surface area (Å²) in [6.45, 7) is 4.21. The monoisotopic (exact) mass is 569 g/mol. The number of para-hydroxylation sites is 1. The average molecular weight is 570 g/mol. The molecular formula is C31H31N5O4S. The number of ether oxygens (including phenoxy) is 1. The highest BCUT2D eigenvalue weighted by Crippen LogP contribution is 2.36. The topological polar surface area (TPSA) is 112 Å². The van der Waals surface area contributed by atoms with Crippen molar-refractivity contribution in [3.8, 4) is 5.75 Å². The molecule has 2 heterocycles. The second-order valence-corrected chi connectivity index (χ2v) is 10.9. The number of carbonyl (C=O) groups excluding carboxylic acids is 3. The SMILES string of the molecule is CCC(SC1=Nc2ccccc2C2=NC(=O)C(CC(=O)NCc3ccc(OC)cc3)N12)C(=O)Nc1cccc(C)c1. The lowest BCUT2D eigenvalue weighted by Crippen LogP contribution is -2.46. The van der Waals surface area contributed by atoms with Crippen molar-refractivity contribution in [2.24, 2.45) is 9.98 Å². The summed E-state index contributed by atoms with van der Waals surface area (Å²) < 4.78 is 5.18. The predicted molar refractivity (Wildman–Crippen MR) is 162 cm³/mol. The van der Waals surface area contributed by atoms with Crippen LogP contribution in [0.1, 0.15) is 36.5 Å². The number of hydrogen-bond acceptors (Lipinski definition) is 7. The molecule has 2 aliphatic rings. The highest BCUT2D eigenvalue weighted by atomic mass is 32.2. The maximum atomic E-state index is 13.3. The molecule has 2 atom stereocenters. The summed E-state index contributed by atoms with van der Waals surface area (Å²) in [5, 5.41) is 5.87. The van der Waals surface area contributed by atoms with Gasteiger partial charge in [-0.2, -0.15) is 4.99 Å². The van der Waals surface area contributed by atoms with Gasteiger partial charge >= 0.3 is 0 Å². The lowest BCUT2D eigenvalue weighted by molar-refractivity contribution is -0.126. The summed E-state index contributed by atoms with van der Waals surface area (Å²) in [5.74, 6) is 0.311. The van der Waals surface area contributed by atoms with Gasteiger partial charge in [0.05, 0.1) is 24.5 Å². The number of carbonyl (C=O) groups is 3. The van der Waals surface area contributed by atoms with Gasteiger partial charge in [0.2, 0.25) is 11.8 Å². The van der Waals surface area contributed by atoms with E-state index in [0.29, 0.717) is 35.2 Å². The quantitative estimate of drug-likeness (QED) is 0.382. The Balaban J connectivity index is 1.34. The van der Waals surface area contributed by atoms with E-state index in [-0.39, 0.29) is 18.2 Å². The Morgan fingerprint density at radius 1 is 1.05 bits per heavy atom. The van der Waals surface area contributed by atoms with Crippen LogP contribution in [0.15, 0.2) is 82.8 Å². The van der Waals surface area contributed by atoms with E-state index in [4.69, 9.17) is 9.73 Å². The van der Waals surface area contributed by atoms with Gasteiger partial charge in [-0.3, -0.25) is 19.3 Å². The summed E-state index contributed by atoms with van der Waals surface area (Å²) in [5.41, 5.74) is 4.04. The zero-order valence-electron chi connectivity index (χ0n) is 23.1. The fourth-order valence-electron chi connectivity index (χ4n) is 4.67. The molecule has 3 amide bonds. The molecule has 2 unspecified atom stereocenters. The van der Waals surface area contributed by atoms with Crippen molar-refractivity contribution in [3.63, 3.8) is 0 Å². The van der Waals surface area contributed by atoms with Crippen molar-refractivity contribution in [3.05, 3.63) is 89.5 Å². The number of nitrogens with one attached hydrogen (secondary N) is 2. The van der Waals surface area contributed by atoms with Crippen molar-refractivity contribution in [1.82, 2.24) is 10.2 Å². The smallest absolute Gasteiger partial charge is 0.271 e. The number of amidine groups is 2. The van der Waals surface area contributed by atoms with Gasteiger partial charge in [-0.15, -0.1) is 0 Å². The molecule has 2 N–H and O–H groups in total. The number of aryl methyl sites for hydroxylation is 1. The number of amides is 3. The maximum absolute atomic E-state index is 13.3. The minimum atomic E-state index is -0.863. The summed E-state index contributed by atoms with van der Waals surface area (Å²) in [4.78, 5) is 50.3. The van der Waals surface area contributed by atoms with E-state index >= 15 is 0 Å². The molecule has 0 saturated heterocycles. The largest absolute Gasteiger partial charge is 0.497 e. The maximum Gasteiger partial charge on any atom is 0.271 e. The number of aliphatic imine (C=N–C) groups is 2. The Kier molecular flexibility index (Phi) is 8.49. The number of fused-ring (bicyclic) bond motifs is 3. The van der Waals surface area contributed by atoms with Crippen LogP contribution in [0.5, 0.6) is 5.75 Å². The Labute approximate surface area is 243 Å². The first-order valence-corrected chi connectivity index (χ1v) is 14.3. The fraction of sp³-hybridized carbons (Fsp3) is 0.258. The third-order valence-electron chi connectivity index (χ3n) is 6.83. The molecule has 3 aromatic rings. The van der Waals surface area contributed by atoms with Crippen LogP contribution in [0.2, 0.25) is 0 Å². The molecule has 210 valence electrons. The molecule has 0 radical (unpaired) electrons. The number of anilines is 1. The minimum absolute atomic E-state index is 0.101. The van der Waals surface area contributed by atoms with Crippen LogP contribution in [-0.4, -0.2) is 52.0 Å². The molecule has 5 rings (SSSR count). The summed E-state index contributed by atoms with van der Waals surface area (Å²) in [7, 11) is 1.60. The number of hydrogen-bond donors (Lipinski definition) is 2. The number of benzene rings is 3. The number of rotatable bonds is 9. The molecule has 10 heteroatoms. The van der Waals surface area contributed by atoms with Gasteiger partial charge in [-0.05, 0) is 60.9 Å². The van der Waals surface area contributed by atoms with Crippen molar-refractivity contribution < 1.29 is 19.1 Å². The first kappa shape index (κ1) is 28.1. The standard InChI is InChI=1S/C31H31N5O4S/c1-4-26(30(39)33-21-9-7-8-19(2)16-21)41-31-34-24-11-6-5-10-23(24)28-35-29(38)25(36(28)31)17-27(37)32-18-20-12-14-22(40-3)15-13-20/h5-16,25-26H,4,17-18H2,1-3H3,(H,32,37)(H,33,39). The van der Waals surface area contributed by atoms with Gasteiger partial charge in [0.15, 0.2) is 5.17 Å². The second-order valence-electron chi connectivity index (χ2n) is 9.77. The normalized spacial score (nSPS) is 16.2. The number of methoxy groups -OCH3 is 1. The van der Waals surface area contributed by atoms with Crippen molar-refractivity contribution in [2.45, 2.75) is 44.5 Å². The molecule has 0 spiro atoms. The summed E-state index contributed by atoms with van der Waals surface area (Å²) in [6.07, 6.45) is 0.431. The molecule has 0 aliphatic carbocycles. The highest BCUT2D eigenvalue weighted by Gasteiger charge is 2.43. The number of nitrogens with zero attached hydrogens (tertiary/aromatic N) is 3. The first-order chi connectivity index (χ1) is 19.9. The molecule has 0 saturated carbocycles. The van der Waals surface area contributed by atoms with Crippen molar-refractivity contribution in [1.29, 1.82) is 0 Å². The van der Waals surface area contributed by atoms with Crippen LogP contribution in [0.25, 0.3) is 0 Å². The Morgan fingerprint density at radius 2 is 1.83 bits per heavy atom. The van der Waals surface area contributed by atoms with E-state index in [0.717, 1.165) is 22.6 Å². The molecular weight excluding hydrogens is 538 g/mol. The fourth-order valence-corrected chi connectivity index (χ4v) is 5.74. The highest BCUT2D eigenvalue weighted by molar-refractivity contribution is 8.15. The molecule has 41 heavy (non-hydrogen) atoms. The lowest BCUT2D eigenvalue weighted by atomic mass is 10.1. The van der Waals surface area contributed by atoms with E-state index in [1.807, 2.05) is 86.6 Å². The molecule has 2 aliphatic heterocycles. The van der Waals surface area contributed by atoms with Gasteiger partial charge in [-0.25, -0.2) is 4.99 Å². The zero-order valence-corrected chi connectivity index (χ0v) is 23.9. The van der Waals surface area contributed by atoms with Gasteiger partial charge in [0.25, 0.3) is 5.91 Å². The first-order valence-electron chi connectivity index (χ1n) is 13.4. The summed E-state index contributed by atoms with van der Waals surface area (Å²) >= 11 is 1.27. The van der Waals surface area contributed by atoms with Crippen LogP contribution in [-0.2, 0) is 20.9 Å². The van der Waals surface area contributed by atoms with E-state index in [1.165, 1.54) is 11.8 Å². The Bertz CT molecular complexity index is 1540. The average Bonchev–Trinajstić information content (AvgIpc) is 3.30. The van der Waals surface area contributed by atoms with Gasteiger partial charge < -0.3 is 15.4 Å². The van der Waals surface area contributed by atoms with Crippen molar-refractivity contribution >= 4 is 51.9 Å². The van der Waals surface area contributed by atoms with Crippen LogP contribution < -0.4 is 15.4 Å². The van der Waals surface area contributed by atoms with E-state index in [9.17, 15) is 14.4 Å². The Morgan fingerprint density at radius 3 is 2.56 bits per heavy atom.